The predicted molar refractivity (Wildman–Crippen MR) is 87.6 cm³/mol. The summed E-state index contributed by atoms with van der Waals surface area (Å²) in [6.45, 7) is 0.294. The molecule has 0 unspecified atom stereocenters. The van der Waals surface area contributed by atoms with Gasteiger partial charge in [-0.15, -0.1) is 0 Å². The second kappa shape index (κ2) is 6.78. The highest BCUT2D eigenvalue weighted by Gasteiger charge is 2.11. The van der Waals surface area contributed by atoms with E-state index in [9.17, 15) is 9.18 Å². The van der Waals surface area contributed by atoms with Crippen molar-refractivity contribution in [2.45, 2.75) is 6.54 Å². The SMILES string of the molecule is NC(=S)c1ccc(CNC(=O)c2cc(Br)ccc2F)cc1. The molecule has 1 amide bonds. The van der Waals surface area contributed by atoms with Crippen molar-refractivity contribution in [1.29, 1.82) is 0 Å². The van der Waals surface area contributed by atoms with Crippen molar-refractivity contribution < 1.29 is 9.18 Å². The summed E-state index contributed by atoms with van der Waals surface area (Å²) in [6.07, 6.45) is 0. The number of benzene rings is 2. The molecular formula is C15H12BrFN2OS. The largest absolute Gasteiger partial charge is 0.389 e. The molecular weight excluding hydrogens is 355 g/mol. The molecule has 3 N–H and O–H groups in total. The lowest BCUT2D eigenvalue weighted by atomic mass is 10.1. The smallest absolute Gasteiger partial charge is 0.254 e. The van der Waals surface area contributed by atoms with Gasteiger partial charge in [0.15, 0.2) is 0 Å². The van der Waals surface area contributed by atoms with Crippen LogP contribution in [0, 0.1) is 5.82 Å². The quantitative estimate of drug-likeness (QED) is 0.817. The van der Waals surface area contributed by atoms with Crippen molar-refractivity contribution in [3.05, 3.63) is 69.4 Å². The lowest BCUT2D eigenvalue weighted by molar-refractivity contribution is 0.0947. The Labute approximate surface area is 135 Å². The minimum atomic E-state index is -0.556. The van der Waals surface area contributed by atoms with Gasteiger partial charge >= 0.3 is 0 Å². The monoisotopic (exact) mass is 366 g/mol. The van der Waals surface area contributed by atoms with Crippen LogP contribution in [0.25, 0.3) is 0 Å². The molecule has 0 aliphatic rings. The summed E-state index contributed by atoms with van der Waals surface area (Å²) in [6, 6.07) is 11.4. The first kappa shape index (κ1) is 15.6. The van der Waals surface area contributed by atoms with E-state index in [2.05, 4.69) is 21.2 Å². The molecule has 0 fully saturated rings. The van der Waals surface area contributed by atoms with Crippen LogP contribution in [-0.4, -0.2) is 10.9 Å². The molecule has 0 spiro atoms. The second-order valence-corrected chi connectivity index (χ2v) is 5.72. The summed E-state index contributed by atoms with van der Waals surface area (Å²) in [7, 11) is 0. The number of hydrogen-bond acceptors (Lipinski definition) is 2. The fourth-order valence-corrected chi connectivity index (χ4v) is 2.23. The summed E-state index contributed by atoms with van der Waals surface area (Å²) in [5.74, 6) is -1.02. The Morgan fingerprint density at radius 2 is 1.90 bits per heavy atom. The van der Waals surface area contributed by atoms with Gasteiger partial charge in [0, 0.05) is 16.6 Å². The molecule has 0 bridgehead atoms. The molecule has 2 rings (SSSR count). The third kappa shape index (κ3) is 4.09. The van der Waals surface area contributed by atoms with Crippen LogP contribution in [0.1, 0.15) is 21.5 Å². The minimum absolute atomic E-state index is 0.00383. The molecule has 0 radical (unpaired) electrons. The van der Waals surface area contributed by atoms with E-state index in [1.165, 1.54) is 12.1 Å². The number of carbonyl (C=O) groups excluding carboxylic acids is 1. The van der Waals surface area contributed by atoms with Crippen molar-refractivity contribution in [1.82, 2.24) is 5.32 Å². The predicted octanol–water partition coefficient (Wildman–Crippen LogP) is 3.15. The molecule has 0 atom stereocenters. The minimum Gasteiger partial charge on any atom is -0.389 e. The Bertz CT molecular complexity index is 689. The average molecular weight is 367 g/mol. The highest BCUT2D eigenvalue weighted by atomic mass is 79.9. The maximum Gasteiger partial charge on any atom is 0.254 e. The van der Waals surface area contributed by atoms with E-state index in [4.69, 9.17) is 18.0 Å². The zero-order chi connectivity index (χ0) is 15.4. The van der Waals surface area contributed by atoms with Gasteiger partial charge in [-0.1, -0.05) is 52.4 Å². The Morgan fingerprint density at radius 1 is 1.24 bits per heavy atom. The van der Waals surface area contributed by atoms with Gasteiger partial charge in [-0.2, -0.15) is 0 Å². The zero-order valence-electron chi connectivity index (χ0n) is 10.9. The molecule has 2 aromatic carbocycles. The molecule has 0 aromatic heterocycles. The molecule has 0 heterocycles. The van der Waals surface area contributed by atoms with Gasteiger partial charge in [0.2, 0.25) is 0 Å². The van der Waals surface area contributed by atoms with Gasteiger partial charge in [-0.05, 0) is 23.8 Å². The summed E-state index contributed by atoms with van der Waals surface area (Å²) in [5, 5.41) is 2.67. The third-order valence-electron chi connectivity index (χ3n) is 2.86. The number of rotatable bonds is 4. The molecule has 108 valence electrons. The van der Waals surface area contributed by atoms with Gasteiger partial charge in [-0.25, -0.2) is 4.39 Å². The summed E-state index contributed by atoms with van der Waals surface area (Å²) < 4.78 is 14.2. The number of nitrogens with one attached hydrogen (secondary N) is 1. The Balaban J connectivity index is 2.04. The van der Waals surface area contributed by atoms with Gasteiger partial charge in [-0.3, -0.25) is 4.79 Å². The van der Waals surface area contributed by atoms with E-state index in [1.54, 1.807) is 18.2 Å². The van der Waals surface area contributed by atoms with E-state index in [-0.39, 0.29) is 5.56 Å². The van der Waals surface area contributed by atoms with Crippen LogP contribution in [0.4, 0.5) is 4.39 Å². The molecule has 2 aromatic rings. The molecule has 6 heteroatoms. The van der Waals surface area contributed by atoms with Crippen LogP contribution in [-0.2, 0) is 6.54 Å². The first-order valence-corrected chi connectivity index (χ1v) is 7.29. The highest BCUT2D eigenvalue weighted by Crippen LogP contribution is 2.15. The van der Waals surface area contributed by atoms with Gasteiger partial charge in [0.25, 0.3) is 5.91 Å². The van der Waals surface area contributed by atoms with Crippen molar-refractivity contribution >= 4 is 39.0 Å². The van der Waals surface area contributed by atoms with E-state index in [1.807, 2.05) is 12.1 Å². The maximum atomic E-state index is 13.6. The van der Waals surface area contributed by atoms with E-state index in [0.717, 1.165) is 11.1 Å². The number of thiocarbonyl (C=S) groups is 1. The van der Waals surface area contributed by atoms with Crippen LogP contribution in [0.15, 0.2) is 46.9 Å². The van der Waals surface area contributed by atoms with Crippen molar-refractivity contribution in [2.24, 2.45) is 5.73 Å². The first-order valence-electron chi connectivity index (χ1n) is 6.09. The van der Waals surface area contributed by atoms with Gasteiger partial charge < -0.3 is 11.1 Å². The van der Waals surface area contributed by atoms with Crippen LogP contribution in [0.2, 0.25) is 0 Å². The first-order chi connectivity index (χ1) is 9.97. The lowest BCUT2D eigenvalue weighted by Crippen LogP contribution is -2.24. The van der Waals surface area contributed by atoms with Gasteiger partial charge in [0.1, 0.15) is 10.8 Å². The van der Waals surface area contributed by atoms with Crippen LogP contribution in [0.5, 0.6) is 0 Å². The molecule has 3 nitrogen and oxygen atoms in total. The zero-order valence-corrected chi connectivity index (χ0v) is 13.3. The van der Waals surface area contributed by atoms with Crippen LogP contribution >= 0.6 is 28.1 Å². The topological polar surface area (TPSA) is 55.1 Å². The Hall–Kier alpha value is -1.79. The van der Waals surface area contributed by atoms with Crippen LogP contribution < -0.4 is 11.1 Å². The van der Waals surface area contributed by atoms with E-state index >= 15 is 0 Å². The highest BCUT2D eigenvalue weighted by molar-refractivity contribution is 9.10. The Kier molecular flexibility index (Phi) is 5.03. The lowest BCUT2D eigenvalue weighted by Gasteiger charge is -2.07. The Morgan fingerprint density at radius 3 is 2.52 bits per heavy atom. The van der Waals surface area contributed by atoms with E-state index in [0.29, 0.717) is 16.0 Å². The van der Waals surface area contributed by atoms with E-state index < -0.39 is 11.7 Å². The number of halogens is 2. The number of carbonyl (C=O) groups is 1. The fourth-order valence-electron chi connectivity index (χ4n) is 1.74. The second-order valence-electron chi connectivity index (χ2n) is 4.37. The van der Waals surface area contributed by atoms with Crippen molar-refractivity contribution in [2.75, 3.05) is 0 Å². The molecule has 0 aliphatic heterocycles. The molecule has 0 saturated carbocycles. The van der Waals surface area contributed by atoms with Crippen molar-refractivity contribution in [3.8, 4) is 0 Å². The molecule has 21 heavy (non-hydrogen) atoms. The summed E-state index contributed by atoms with van der Waals surface area (Å²) >= 11 is 8.08. The summed E-state index contributed by atoms with van der Waals surface area (Å²) in [4.78, 5) is 12.3. The average Bonchev–Trinajstić information content (AvgIpc) is 2.47. The summed E-state index contributed by atoms with van der Waals surface area (Å²) in [5.41, 5.74) is 7.15. The van der Waals surface area contributed by atoms with Gasteiger partial charge in [0.05, 0.1) is 5.56 Å². The molecule has 0 aliphatic carbocycles. The van der Waals surface area contributed by atoms with Crippen LogP contribution in [0.3, 0.4) is 0 Å². The number of amides is 1. The third-order valence-corrected chi connectivity index (χ3v) is 3.59. The fraction of sp³-hybridized carbons (Fsp3) is 0.0667. The normalized spacial score (nSPS) is 10.2. The maximum absolute atomic E-state index is 13.6. The number of nitrogens with two attached hydrogens (primary N) is 1. The number of hydrogen-bond donors (Lipinski definition) is 2. The molecule has 0 saturated heterocycles. The standard InChI is InChI=1S/C15H12BrFN2OS/c16-11-5-6-13(17)12(7-11)15(20)19-8-9-1-3-10(4-2-9)14(18)21/h1-7H,8H2,(H2,18,21)(H,19,20). The van der Waals surface area contributed by atoms with Crippen molar-refractivity contribution in [3.63, 3.8) is 0 Å².